The number of alkyl halides is 3. The van der Waals surface area contributed by atoms with Gasteiger partial charge in [0.2, 0.25) is 0 Å². The molecule has 0 heterocycles. The summed E-state index contributed by atoms with van der Waals surface area (Å²) in [7, 11) is -12.0. The van der Waals surface area contributed by atoms with E-state index in [-0.39, 0.29) is 17.1 Å². The van der Waals surface area contributed by atoms with E-state index in [0.29, 0.717) is 17.0 Å². The smallest absolute Gasteiger partial charge is 0.359 e. The molecule has 0 aliphatic carbocycles. The molecular weight excluding hydrogens is 482 g/mol. The molecule has 0 saturated carbocycles. The molecule has 0 amide bonds. The van der Waals surface area contributed by atoms with Crippen molar-refractivity contribution < 1.29 is 32.6 Å². The number of hydrogen-bond donors (Lipinski definition) is 1. The summed E-state index contributed by atoms with van der Waals surface area (Å²) in [5, 5.41) is 2.63. The van der Waals surface area contributed by atoms with Crippen LogP contribution >= 0.6 is 19.4 Å². The van der Waals surface area contributed by atoms with Gasteiger partial charge in [0, 0.05) is 16.8 Å². The third-order valence-electron chi connectivity index (χ3n) is 4.71. The van der Waals surface area contributed by atoms with Crippen LogP contribution < -0.4 is 5.32 Å². The zero-order valence-corrected chi connectivity index (χ0v) is 18.9. The highest BCUT2D eigenvalue weighted by atomic mass is 32.5. The molecule has 0 aliphatic heterocycles. The molecule has 1 nitrogen and oxygen atoms in total. The van der Waals surface area contributed by atoms with E-state index in [0.717, 1.165) is 18.2 Å². The molecule has 0 spiro atoms. The SMILES string of the molecule is C=C(Nc1cccc(S(F)(F)(F)(F)F)c1)C(C)(C)CS(=C)(=C)c1ccc(C(F)(F)F)cc1. The minimum atomic E-state index is -9.84. The highest BCUT2D eigenvalue weighted by Gasteiger charge is 2.65. The molecule has 0 radical (unpaired) electrons. The Balaban J connectivity index is 2.25. The molecule has 0 fully saturated rings. The van der Waals surface area contributed by atoms with Gasteiger partial charge in [0.25, 0.3) is 0 Å². The normalized spacial score (nSPS) is 15.6. The summed E-state index contributed by atoms with van der Waals surface area (Å²) >= 11 is 0. The van der Waals surface area contributed by atoms with E-state index in [2.05, 4.69) is 23.6 Å². The number of rotatable bonds is 7. The average Bonchev–Trinajstić information content (AvgIpc) is 2.58. The lowest BCUT2D eigenvalue weighted by atomic mass is 9.92. The minimum Gasteiger partial charge on any atom is -0.359 e. The van der Waals surface area contributed by atoms with Crippen molar-refractivity contribution in [2.45, 2.75) is 29.8 Å². The van der Waals surface area contributed by atoms with Gasteiger partial charge in [-0.3, -0.25) is 0 Å². The van der Waals surface area contributed by atoms with Crippen molar-refractivity contribution in [3.8, 4) is 0 Å². The predicted molar refractivity (Wildman–Crippen MR) is 121 cm³/mol. The average molecular weight is 506 g/mol. The van der Waals surface area contributed by atoms with Crippen LogP contribution in [0.2, 0.25) is 0 Å². The van der Waals surface area contributed by atoms with Crippen molar-refractivity contribution in [2.75, 3.05) is 11.1 Å². The fraction of sp³-hybridized carbons (Fsp3) is 0.238. The molecule has 0 saturated heterocycles. The third kappa shape index (κ3) is 6.44. The van der Waals surface area contributed by atoms with Gasteiger partial charge in [-0.05, 0) is 53.1 Å². The summed E-state index contributed by atoms with van der Waals surface area (Å²) in [4.78, 5) is -1.53. The number of nitrogens with one attached hydrogen (secondary N) is 1. The van der Waals surface area contributed by atoms with E-state index in [4.69, 9.17) is 0 Å². The number of hydrogen-bond acceptors (Lipinski definition) is 1. The van der Waals surface area contributed by atoms with Crippen LogP contribution in [0.15, 0.2) is 70.6 Å². The number of allylic oxidation sites excluding steroid dienone is 1. The first kappa shape index (κ1) is 26.1. The number of halogens is 8. The maximum Gasteiger partial charge on any atom is 0.416 e. The van der Waals surface area contributed by atoms with Gasteiger partial charge in [0.1, 0.15) is 4.90 Å². The Hall–Kier alpha value is -2.14. The topological polar surface area (TPSA) is 12.0 Å². The maximum atomic E-state index is 13.1. The quantitative estimate of drug-likeness (QED) is 0.292. The van der Waals surface area contributed by atoms with E-state index in [1.165, 1.54) is 18.2 Å². The highest BCUT2D eigenvalue weighted by Crippen LogP contribution is 3.02. The Morgan fingerprint density at radius 3 is 1.94 bits per heavy atom. The Kier molecular flexibility index (Phi) is 5.86. The standard InChI is InChI=1S/C21H23F8NS2/c1-15(30-17-7-6-8-19(13-17)32(25,26,27,28)29)20(2,3)14-31(4,5)18-11-9-16(10-12-18)21(22,23)24/h6-13,30H,1,4-5,14H2,2-3H3. The van der Waals surface area contributed by atoms with Crippen molar-refractivity contribution in [2.24, 2.45) is 5.41 Å². The summed E-state index contributed by atoms with van der Waals surface area (Å²) in [5.74, 6) is 8.32. The molecule has 0 atom stereocenters. The van der Waals surface area contributed by atoms with Crippen LogP contribution in [0.3, 0.4) is 0 Å². The van der Waals surface area contributed by atoms with Crippen LogP contribution in [-0.4, -0.2) is 17.5 Å². The molecule has 11 heteroatoms. The van der Waals surface area contributed by atoms with Crippen molar-refractivity contribution in [1.82, 2.24) is 0 Å². The fourth-order valence-corrected chi connectivity index (χ4v) is 6.07. The number of benzene rings is 2. The van der Waals surface area contributed by atoms with E-state index < -0.39 is 41.5 Å². The summed E-state index contributed by atoms with van der Waals surface area (Å²) in [6.45, 7) is 7.20. The Labute approximate surface area is 182 Å². The van der Waals surface area contributed by atoms with Crippen LogP contribution in [-0.2, 0) is 6.18 Å². The van der Waals surface area contributed by atoms with Gasteiger partial charge in [-0.1, -0.05) is 57.7 Å². The lowest BCUT2D eigenvalue weighted by Crippen LogP contribution is -2.24. The van der Waals surface area contributed by atoms with Crippen LogP contribution in [0.1, 0.15) is 19.4 Å². The van der Waals surface area contributed by atoms with Gasteiger partial charge in [0.15, 0.2) is 0 Å². The molecule has 2 aromatic carbocycles. The largest absolute Gasteiger partial charge is 0.416 e. The summed E-state index contributed by atoms with van der Waals surface area (Å²) < 4.78 is 104. The Bertz CT molecular complexity index is 1130. The van der Waals surface area contributed by atoms with Crippen LogP contribution in [0.5, 0.6) is 0 Å². The van der Waals surface area contributed by atoms with Gasteiger partial charge in [-0.2, -0.15) is 22.4 Å². The van der Waals surface area contributed by atoms with Crippen LogP contribution in [0, 0.1) is 5.41 Å². The van der Waals surface area contributed by atoms with Gasteiger partial charge in [-0.25, -0.2) is 0 Å². The van der Waals surface area contributed by atoms with Gasteiger partial charge < -0.3 is 5.32 Å². The van der Waals surface area contributed by atoms with Crippen molar-refractivity contribution in [3.63, 3.8) is 0 Å². The molecule has 2 aromatic rings. The zero-order chi connectivity index (χ0) is 24.9. The van der Waals surface area contributed by atoms with E-state index in [9.17, 15) is 32.6 Å². The second-order valence-corrected chi connectivity index (χ2v) is 13.5. The number of anilines is 1. The molecule has 2 rings (SSSR count). The van der Waals surface area contributed by atoms with Gasteiger partial charge in [-0.15, -0.1) is 0 Å². The first-order valence-electron chi connectivity index (χ1n) is 8.96. The lowest BCUT2D eigenvalue weighted by molar-refractivity contribution is -0.137. The van der Waals surface area contributed by atoms with Crippen LogP contribution in [0.25, 0.3) is 0 Å². The molecular formula is C21H23F8NS2. The molecule has 0 aromatic heterocycles. The molecule has 0 bridgehead atoms. The minimum absolute atomic E-state index is 0.216. The van der Waals surface area contributed by atoms with Gasteiger partial charge in [0.05, 0.1) is 5.56 Å². The molecule has 1 N–H and O–H groups in total. The van der Waals surface area contributed by atoms with E-state index in [1.807, 2.05) is 0 Å². The predicted octanol–water partition coefficient (Wildman–Crippen LogP) is 9.04. The second-order valence-electron chi connectivity index (χ2n) is 8.20. The van der Waals surface area contributed by atoms with E-state index in [1.54, 1.807) is 13.8 Å². The zero-order valence-electron chi connectivity index (χ0n) is 17.3. The molecule has 32 heavy (non-hydrogen) atoms. The van der Waals surface area contributed by atoms with Crippen molar-refractivity contribution in [1.29, 1.82) is 0 Å². The summed E-state index contributed by atoms with van der Waals surface area (Å²) in [5.41, 5.74) is -1.66. The first-order chi connectivity index (χ1) is 14.0. The van der Waals surface area contributed by atoms with Crippen molar-refractivity contribution >= 4 is 36.9 Å². The summed E-state index contributed by atoms with van der Waals surface area (Å²) in [6.07, 6.45) is -4.49. The van der Waals surface area contributed by atoms with Gasteiger partial charge >= 0.3 is 16.4 Å². The monoisotopic (exact) mass is 505 g/mol. The fourth-order valence-electron chi connectivity index (χ4n) is 2.95. The Morgan fingerprint density at radius 1 is 0.938 bits per heavy atom. The molecule has 0 aliphatic rings. The molecule has 180 valence electrons. The first-order valence-corrected chi connectivity index (χ1v) is 13.1. The Morgan fingerprint density at radius 2 is 1.47 bits per heavy atom. The second kappa shape index (κ2) is 7.18. The summed E-state index contributed by atoms with van der Waals surface area (Å²) in [6, 6.07) is 7.11. The lowest BCUT2D eigenvalue weighted by Gasteiger charge is -2.40. The van der Waals surface area contributed by atoms with Crippen molar-refractivity contribution in [3.05, 3.63) is 66.4 Å². The van der Waals surface area contributed by atoms with Crippen LogP contribution in [0.4, 0.5) is 38.3 Å². The third-order valence-corrected chi connectivity index (χ3v) is 8.40. The molecule has 0 unspecified atom stereocenters. The maximum absolute atomic E-state index is 13.1. The highest BCUT2D eigenvalue weighted by molar-refractivity contribution is 8.45. The van der Waals surface area contributed by atoms with E-state index >= 15 is 0 Å².